The van der Waals surface area contributed by atoms with Crippen molar-refractivity contribution in [2.75, 3.05) is 12.0 Å². The van der Waals surface area contributed by atoms with Crippen LogP contribution in [0.1, 0.15) is 38.8 Å². The highest BCUT2D eigenvalue weighted by Crippen LogP contribution is 2.34. The Kier molecular flexibility index (Phi) is 5.96. The molecule has 1 heterocycles. The second-order valence-electron chi connectivity index (χ2n) is 7.61. The van der Waals surface area contributed by atoms with E-state index in [1.54, 1.807) is 55.6 Å². The maximum atomic E-state index is 13.2. The Morgan fingerprint density at radius 3 is 2.55 bits per heavy atom. The largest absolute Gasteiger partial charge is 0.497 e. The first-order valence-electron chi connectivity index (χ1n) is 10.1. The van der Waals surface area contributed by atoms with E-state index < -0.39 is 0 Å². The van der Waals surface area contributed by atoms with Crippen LogP contribution in [0.2, 0.25) is 5.02 Å². The minimum Gasteiger partial charge on any atom is -0.497 e. The summed E-state index contributed by atoms with van der Waals surface area (Å²) in [5.74, 6) is 0.473. The second kappa shape index (κ2) is 8.82. The van der Waals surface area contributed by atoms with Crippen LogP contribution < -0.4 is 15.0 Å². The SMILES string of the molecule is COc1ccc(C(=O)N2c3cc(CNC(=O)c4cccc(Cl)c4)ccc3C[C@H]2C)cc1. The van der Waals surface area contributed by atoms with Crippen LogP contribution in [0.4, 0.5) is 5.69 Å². The number of carbonyl (C=O) groups excluding carboxylic acids is 2. The molecule has 0 unspecified atom stereocenters. The molecule has 0 radical (unpaired) electrons. The second-order valence-corrected chi connectivity index (χ2v) is 8.05. The van der Waals surface area contributed by atoms with Gasteiger partial charge in [-0.3, -0.25) is 9.59 Å². The van der Waals surface area contributed by atoms with Gasteiger partial charge in [-0.2, -0.15) is 0 Å². The van der Waals surface area contributed by atoms with E-state index in [9.17, 15) is 9.59 Å². The minimum atomic E-state index is -0.192. The molecule has 1 N–H and O–H groups in total. The Labute approximate surface area is 186 Å². The van der Waals surface area contributed by atoms with Crippen LogP contribution in [0, 0.1) is 0 Å². The topological polar surface area (TPSA) is 58.6 Å². The van der Waals surface area contributed by atoms with Gasteiger partial charge in [0.15, 0.2) is 0 Å². The van der Waals surface area contributed by atoms with Crippen molar-refractivity contribution in [1.29, 1.82) is 0 Å². The van der Waals surface area contributed by atoms with Gasteiger partial charge in [0.2, 0.25) is 0 Å². The lowest BCUT2D eigenvalue weighted by Crippen LogP contribution is -2.35. The number of benzene rings is 3. The average Bonchev–Trinajstić information content (AvgIpc) is 3.12. The lowest BCUT2D eigenvalue weighted by molar-refractivity contribution is 0.0948. The first kappa shape index (κ1) is 20.9. The van der Waals surface area contributed by atoms with Crippen LogP contribution in [0.25, 0.3) is 0 Å². The van der Waals surface area contributed by atoms with Crippen molar-refractivity contribution in [3.05, 3.63) is 94.0 Å². The zero-order valence-corrected chi connectivity index (χ0v) is 18.1. The molecule has 1 atom stereocenters. The fourth-order valence-electron chi connectivity index (χ4n) is 3.86. The molecule has 2 amide bonds. The summed E-state index contributed by atoms with van der Waals surface area (Å²) in [6.07, 6.45) is 0.798. The predicted octanol–water partition coefficient (Wildman–Crippen LogP) is 4.87. The number of hydrogen-bond acceptors (Lipinski definition) is 3. The van der Waals surface area contributed by atoms with Crippen molar-refractivity contribution < 1.29 is 14.3 Å². The standard InChI is InChI=1S/C25H23ClN2O3/c1-16-12-19-7-6-17(15-27-24(29)20-4-3-5-21(26)14-20)13-23(19)28(16)25(30)18-8-10-22(31-2)11-9-18/h3-11,13-14,16H,12,15H2,1-2H3,(H,27,29)/t16-/m1/s1. The molecule has 31 heavy (non-hydrogen) atoms. The maximum Gasteiger partial charge on any atom is 0.258 e. The molecule has 0 aromatic heterocycles. The molecule has 6 heteroatoms. The van der Waals surface area contributed by atoms with E-state index in [0.29, 0.717) is 28.4 Å². The molecule has 0 bridgehead atoms. The summed E-state index contributed by atoms with van der Waals surface area (Å²) in [5, 5.41) is 3.44. The van der Waals surface area contributed by atoms with Gasteiger partial charge in [-0.15, -0.1) is 0 Å². The van der Waals surface area contributed by atoms with Crippen molar-refractivity contribution in [3.63, 3.8) is 0 Å². The summed E-state index contributed by atoms with van der Waals surface area (Å²) in [6.45, 7) is 2.40. The molecule has 5 nitrogen and oxygen atoms in total. The quantitative estimate of drug-likeness (QED) is 0.623. The summed E-state index contributed by atoms with van der Waals surface area (Å²) in [7, 11) is 1.60. The number of rotatable bonds is 5. The van der Waals surface area contributed by atoms with Crippen LogP contribution in [-0.2, 0) is 13.0 Å². The van der Waals surface area contributed by atoms with Crippen LogP contribution in [0.15, 0.2) is 66.7 Å². The summed E-state index contributed by atoms with van der Waals surface area (Å²) >= 11 is 5.97. The first-order valence-corrected chi connectivity index (χ1v) is 10.5. The molecule has 0 fully saturated rings. The summed E-state index contributed by atoms with van der Waals surface area (Å²) < 4.78 is 5.19. The first-order chi connectivity index (χ1) is 15.0. The van der Waals surface area contributed by atoms with Crippen molar-refractivity contribution in [2.45, 2.75) is 25.9 Å². The van der Waals surface area contributed by atoms with Crippen LogP contribution in [-0.4, -0.2) is 25.0 Å². The third-order valence-corrected chi connectivity index (χ3v) is 5.70. The van der Waals surface area contributed by atoms with E-state index in [1.807, 2.05) is 30.0 Å². The summed E-state index contributed by atoms with van der Waals surface area (Å²) in [6, 6.07) is 20.0. The van der Waals surface area contributed by atoms with Gasteiger partial charge in [0, 0.05) is 34.4 Å². The Hall–Kier alpha value is -3.31. The number of fused-ring (bicyclic) bond motifs is 1. The Morgan fingerprint density at radius 2 is 1.84 bits per heavy atom. The van der Waals surface area contributed by atoms with Crippen molar-refractivity contribution in [1.82, 2.24) is 5.32 Å². The number of ether oxygens (including phenoxy) is 1. The van der Waals surface area contributed by atoms with E-state index in [-0.39, 0.29) is 17.9 Å². The number of anilines is 1. The van der Waals surface area contributed by atoms with Gasteiger partial charge < -0.3 is 15.0 Å². The highest BCUT2D eigenvalue weighted by molar-refractivity contribution is 6.30. The van der Waals surface area contributed by atoms with Gasteiger partial charge in [0.25, 0.3) is 11.8 Å². The zero-order valence-electron chi connectivity index (χ0n) is 17.4. The number of carbonyl (C=O) groups is 2. The molecule has 1 aliphatic rings. The van der Waals surface area contributed by atoms with Gasteiger partial charge in [-0.25, -0.2) is 0 Å². The van der Waals surface area contributed by atoms with E-state index in [1.165, 1.54) is 0 Å². The third kappa shape index (κ3) is 4.42. The predicted molar refractivity (Wildman–Crippen MR) is 122 cm³/mol. The monoisotopic (exact) mass is 434 g/mol. The molecule has 0 spiro atoms. The van der Waals surface area contributed by atoms with Crippen molar-refractivity contribution in [3.8, 4) is 5.75 Å². The highest BCUT2D eigenvalue weighted by atomic mass is 35.5. The number of nitrogens with zero attached hydrogens (tertiary/aromatic N) is 1. The number of halogens is 1. The fourth-order valence-corrected chi connectivity index (χ4v) is 4.05. The summed E-state index contributed by atoms with van der Waals surface area (Å²) in [5.41, 5.74) is 4.07. The zero-order chi connectivity index (χ0) is 22.0. The van der Waals surface area contributed by atoms with Crippen molar-refractivity contribution >= 4 is 29.1 Å². The van der Waals surface area contributed by atoms with E-state index >= 15 is 0 Å². The number of nitrogens with one attached hydrogen (secondary N) is 1. The van der Waals surface area contributed by atoms with Crippen LogP contribution in [0.3, 0.4) is 0 Å². The number of amides is 2. The summed E-state index contributed by atoms with van der Waals surface area (Å²) in [4.78, 5) is 27.5. The Bertz CT molecular complexity index is 1130. The molecule has 0 saturated heterocycles. The van der Waals surface area contributed by atoms with Gasteiger partial charge in [-0.05, 0) is 73.0 Å². The normalized spacial score (nSPS) is 14.8. The molecule has 3 aromatic rings. The van der Waals surface area contributed by atoms with E-state index in [4.69, 9.17) is 16.3 Å². The molecule has 0 saturated carbocycles. The molecule has 158 valence electrons. The molecule has 4 rings (SSSR count). The van der Waals surface area contributed by atoms with E-state index in [2.05, 4.69) is 5.32 Å². The smallest absolute Gasteiger partial charge is 0.258 e. The molecular weight excluding hydrogens is 412 g/mol. The van der Waals surface area contributed by atoms with Crippen molar-refractivity contribution in [2.24, 2.45) is 0 Å². The Balaban J connectivity index is 1.52. The van der Waals surface area contributed by atoms with Gasteiger partial charge in [-0.1, -0.05) is 29.8 Å². The van der Waals surface area contributed by atoms with Gasteiger partial charge in [0.05, 0.1) is 7.11 Å². The highest BCUT2D eigenvalue weighted by Gasteiger charge is 2.31. The van der Waals surface area contributed by atoms with Gasteiger partial charge >= 0.3 is 0 Å². The fraction of sp³-hybridized carbons (Fsp3) is 0.200. The molecule has 3 aromatic carbocycles. The lowest BCUT2D eigenvalue weighted by atomic mass is 10.1. The minimum absolute atomic E-state index is 0.0472. The molecule has 0 aliphatic carbocycles. The molecular formula is C25H23ClN2O3. The van der Waals surface area contributed by atoms with Crippen LogP contribution >= 0.6 is 11.6 Å². The Morgan fingerprint density at radius 1 is 1.06 bits per heavy atom. The van der Waals surface area contributed by atoms with E-state index in [0.717, 1.165) is 23.2 Å². The lowest BCUT2D eigenvalue weighted by Gasteiger charge is -2.23. The third-order valence-electron chi connectivity index (χ3n) is 5.46. The molecule has 1 aliphatic heterocycles. The van der Waals surface area contributed by atoms with Gasteiger partial charge in [0.1, 0.15) is 5.75 Å². The number of methoxy groups -OCH3 is 1. The average molecular weight is 435 g/mol. The maximum absolute atomic E-state index is 13.2. The van der Waals surface area contributed by atoms with Crippen LogP contribution in [0.5, 0.6) is 5.75 Å². The number of hydrogen-bond donors (Lipinski definition) is 1.